The summed E-state index contributed by atoms with van der Waals surface area (Å²) in [6.07, 6.45) is 2.14. The summed E-state index contributed by atoms with van der Waals surface area (Å²) in [7, 11) is 0. The van der Waals surface area contributed by atoms with E-state index >= 15 is 149 Å². The molecule has 0 spiro atoms. The molecule has 118 heavy (non-hydrogen) atoms. The van der Waals surface area contributed by atoms with Crippen molar-refractivity contribution in [2.24, 2.45) is 15.0 Å². The number of hydrogen-bond acceptors (Lipinski definition) is 3. The molecule has 0 saturated heterocycles. The van der Waals surface area contributed by atoms with E-state index in [2.05, 4.69) is 29.9 Å². The first-order valence-corrected chi connectivity index (χ1v) is 32.1. The van der Waals surface area contributed by atoms with Gasteiger partial charge in [0.15, 0.2) is 163 Å². The molecule has 0 aliphatic carbocycles. The van der Waals surface area contributed by atoms with Crippen LogP contribution in [0.5, 0.6) is 0 Å². The van der Waals surface area contributed by atoms with E-state index < -0.39 is 359 Å². The van der Waals surface area contributed by atoms with Crippen LogP contribution in [0.4, 0.5) is 149 Å². The third kappa shape index (κ3) is 11.0. The van der Waals surface area contributed by atoms with Crippen molar-refractivity contribution in [1.82, 2.24) is 19.4 Å². The summed E-state index contributed by atoms with van der Waals surface area (Å²) in [4.78, 5) is 18.1. The molecule has 4 aliphatic rings. The number of allylic oxidation sites excluding steroid dienone is 5. The third-order valence-corrected chi connectivity index (χ3v) is 19.0. The van der Waals surface area contributed by atoms with E-state index in [1.165, 1.54) is 0 Å². The Morgan fingerprint density at radius 2 is 0.441 bits per heavy atom. The number of aromatic amines is 3. The van der Waals surface area contributed by atoms with E-state index in [-0.39, 0.29) is 4.40 Å². The highest BCUT2D eigenvalue weighted by Crippen LogP contribution is 2.45. The smallest absolute Gasteiger partial charge is 0.200 e. The van der Waals surface area contributed by atoms with Gasteiger partial charge in [-0.3, -0.25) is 0 Å². The number of nitrogens with zero attached hydrogens (tertiary/aromatic N) is 4. The molecule has 598 valence electrons. The molecule has 0 amide bonds. The SMILES string of the molecule is Fc1c(F)c(F)c(C2=C3C=CC(=N3)C(c3c(F)c(F)c(F)c(F)c3F)=c3ccc([nH]3)=C(c3c(F)c(F)c(F)c(F)c3F)C3=NC(=c4c5c(F)c(F)c(F)c(F)c5n5c(ccc45)C(c4c(F)c(F)c(F)c(F)c4F)=c4ccc([nH]4)=C(c4c(F)c(F)c(F)c(F)c4F)C4=NC(=C(c5c(F)c(F)c(F)c(F)c5F)c5ccc2[nH]5)C=C4)C=C3)c(F)c1F. The van der Waals surface area contributed by atoms with Crippen LogP contribution in [0.25, 0.3) is 55.6 Å². The lowest BCUT2D eigenvalue weighted by Crippen LogP contribution is -2.24. The maximum Gasteiger partial charge on any atom is 0.200 e. The normalized spacial score (nSPS) is 14.4. The zero-order valence-electron chi connectivity index (χ0n) is 55.7. The van der Waals surface area contributed by atoms with Crippen molar-refractivity contribution in [2.75, 3.05) is 0 Å². The average Bonchev–Trinajstić information content (AvgIpc) is 1.54. The van der Waals surface area contributed by atoms with Crippen LogP contribution in [0.3, 0.4) is 0 Å². The summed E-state index contributed by atoms with van der Waals surface area (Å²) in [5.74, 6) is -98.9. The highest BCUT2D eigenvalue weighted by Gasteiger charge is 2.41. The van der Waals surface area contributed by atoms with Gasteiger partial charge in [-0.05, 0) is 85.0 Å². The Morgan fingerprint density at radius 3 is 0.746 bits per heavy atom. The topological polar surface area (TPSA) is 88.9 Å². The Bertz CT molecular complexity index is 7230. The first-order chi connectivity index (χ1) is 55.7. The molecule has 16 bridgehead atoms. The Kier molecular flexibility index (Phi) is 18.2. The molecule has 0 unspecified atom stereocenters. The highest BCUT2D eigenvalue weighted by molar-refractivity contribution is 6.33. The second kappa shape index (κ2) is 27.4. The summed E-state index contributed by atoms with van der Waals surface area (Å²) >= 11 is 0. The van der Waals surface area contributed by atoms with Crippen LogP contribution < -0.4 is 26.6 Å². The maximum atomic E-state index is 17.1. The van der Waals surface area contributed by atoms with Crippen molar-refractivity contribution in [2.45, 2.75) is 0 Å². The molecule has 16 rings (SSSR count). The largest absolute Gasteiger partial charge is 0.354 e. The minimum absolute atomic E-state index is 0.0425. The van der Waals surface area contributed by atoms with Gasteiger partial charge in [-0.15, -0.1) is 0 Å². The van der Waals surface area contributed by atoms with Gasteiger partial charge in [-0.1, -0.05) is 0 Å². The van der Waals surface area contributed by atoms with Gasteiger partial charge in [0.05, 0.1) is 89.7 Å². The summed E-state index contributed by atoms with van der Waals surface area (Å²) in [6.45, 7) is 0. The predicted octanol–water partition coefficient (Wildman–Crippen LogP) is 17.4. The van der Waals surface area contributed by atoms with E-state index in [9.17, 15) is 0 Å². The fourth-order valence-electron chi connectivity index (χ4n) is 13.8. The minimum atomic E-state index is -3.00. The van der Waals surface area contributed by atoms with Gasteiger partial charge in [0.25, 0.3) is 0 Å². The Balaban J connectivity index is 1.16. The Hall–Kier alpha value is -13.8. The molecule has 0 atom stereocenters. The molecular formula is C77H17F34N7. The summed E-state index contributed by atoms with van der Waals surface area (Å²) in [5.41, 5.74) is -39.0. The number of rotatable bonds is 6. The molecule has 0 fully saturated rings. The van der Waals surface area contributed by atoms with Gasteiger partial charge in [-0.25, -0.2) is 164 Å². The average molecular weight is 1690 g/mol. The van der Waals surface area contributed by atoms with Gasteiger partial charge >= 0.3 is 0 Å². The Morgan fingerprint density at radius 1 is 0.203 bits per heavy atom. The van der Waals surface area contributed by atoms with Gasteiger partial charge in [0, 0.05) is 71.4 Å². The third-order valence-electron chi connectivity index (χ3n) is 19.0. The van der Waals surface area contributed by atoms with E-state index in [0.717, 1.165) is 0 Å². The number of halogens is 34. The maximum absolute atomic E-state index is 17.1. The van der Waals surface area contributed by atoms with Gasteiger partial charge in [-0.2, -0.15) is 0 Å². The van der Waals surface area contributed by atoms with E-state index in [1.807, 2.05) is 0 Å². The van der Waals surface area contributed by atoms with Gasteiger partial charge < -0.3 is 19.4 Å². The van der Waals surface area contributed by atoms with Crippen LogP contribution in [0.2, 0.25) is 0 Å². The molecular weight excluding hydrogens is 1670 g/mol. The van der Waals surface area contributed by atoms with Crippen LogP contribution in [0.1, 0.15) is 50.5 Å². The number of benzene rings is 7. The van der Waals surface area contributed by atoms with E-state index in [0.29, 0.717) is 85.0 Å². The molecule has 41 heteroatoms. The first kappa shape index (κ1) is 78.1. The second-order valence-corrected chi connectivity index (χ2v) is 25.2. The Labute approximate surface area is 625 Å². The van der Waals surface area contributed by atoms with Crippen LogP contribution in [-0.4, -0.2) is 36.5 Å². The van der Waals surface area contributed by atoms with Crippen molar-refractivity contribution < 1.29 is 149 Å². The van der Waals surface area contributed by atoms with Gasteiger partial charge in [0.2, 0.25) is 34.9 Å². The first-order valence-electron chi connectivity index (χ1n) is 32.1. The molecule has 0 saturated carbocycles. The van der Waals surface area contributed by atoms with Crippen molar-refractivity contribution in [3.05, 3.63) is 371 Å². The molecule has 9 heterocycles. The lowest BCUT2D eigenvalue weighted by molar-refractivity contribution is 0.376. The molecule has 4 aliphatic heterocycles. The molecule has 3 N–H and O–H groups in total. The van der Waals surface area contributed by atoms with Crippen LogP contribution >= 0.6 is 0 Å². The lowest BCUT2D eigenvalue weighted by Gasteiger charge is -2.15. The standard InChI is InChI=1S/C77H17F34N7/c78-43-36(44(79)57(92)69(104)56(43)91)29-15-1-3-17(112-15)30(37-45(80)58(93)70(105)59(94)46(37)81)19-5-7-21(114-19)32(39-49(84)62(97)72(107)63(98)50(39)85)23-9-11-25(116-23)34(41-53(88)66(101)74(109)67(102)54(41)89)27-13-14-28-35(42-55(90)68(103)75(110)76(111)77(42)118(27)28)26-12-10-24(117-26)33(40-51(86)64(99)73(108)65(100)52(40)87)22-8-6-20(115-22)31(18-4-2-16(29)113-18)38-47(82)60(95)71(106)61(96)48(38)83/h1-14,112,115-116H. The monoisotopic (exact) mass is 1690 g/mol. The molecule has 12 aromatic rings. The van der Waals surface area contributed by atoms with Crippen molar-refractivity contribution in [3.63, 3.8) is 0 Å². The predicted molar refractivity (Wildman–Crippen MR) is 343 cm³/mol. The van der Waals surface area contributed by atoms with Crippen LogP contribution in [-0.2, 0) is 0 Å². The molecule has 5 aromatic heterocycles. The second-order valence-electron chi connectivity index (χ2n) is 25.2. The summed E-state index contributed by atoms with van der Waals surface area (Å²) in [6, 6.07) is 2.96. The number of aromatic nitrogens is 4. The lowest BCUT2D eigenvalue weighted by atomic mass is 9.98. The van der Waals surface area contributed by atoms with Crippen LogP contribution in [0.15, 0.2) is 111 Å². The fraction of sp³-hybridized carbons (Fsp3) is 0. The van der Waals surface area contributed by atoms with Gasteiger partial charge in [0.1, 0.15) is 0 Å². The van der Waals surface area contributed by atoms with Crippen molar-refractivity contribution in [3.8, 4) is 0 Å². The van der Waals surface area contributed by atoms with E-state index in [1.54, 1.807) is 0 Å². The number of H-pyrrole nitrogens is 3. The quantitative estimate of drug-likeness (QED) is 0.0841. The number of fused-ring (bicyclic) bond motifs is 11. The molecule has 0 radical (unpaired) electrons. The molecule has 7 aromatic carbocycles. The van der Waals surface area contributed by atoms with Crippen LogP contribution in [0, 0.1) is 198 Å². The van der Waals surface area contributed by atoms with Crippen molar-refractivity contribution >= 4 is 72.7 Å². The number of hydrogen-bond donors (Lipinski definition) is 3. The number of nitrogens with one attached hydrogen (secondary N) is 3. The van der Waals surface area contributed by atoms with E-state index in [4.69, 9.17) is 0 Å². The highest BCUT2D eigenvalue weighted by atomic mass is 19.2. The van der Waals surface area contributed by atoms with Crippen molar-refractivity contribution in [1.29, 1.82) is 0 Å². The zero-order valence-corrected chi connectivity index (χ0v) is 55.7. The summed E-state index contributed by atoms with van der Waals surface area (Å²) < 4.78 is 546. The zero-order chi connectivity index (χ0) is 85.1. The minimum Gasteiger partial charge on any atom is -0.354 e. The fourth-order valence-corrected chi connectivity index (χ4v) is 13.8. The molecule has 7 nitrogen and oxygen atoms in total. The number of aliphatic imine (C=N–C) groups is 3. The summed E-state index contributed by atoms with van der Waals surface area (Å²) in [5, 5.41) is -8.32.